The van der Waals surface area contributed by atoms with Gasteiger partial charge >= 0.3 is 12.2 Å². The monoisotopic (exact) mass is 635 g/mol. The van der Waals surface area contributed by atoms with Crippen molar-refractivity contribution in [3.05, 3.63) is 105 Å². The number of carbonyl (C=O) groups is 2. The van der Waals surface area contributed by atoms with E-state index in [4.69, 9.17) is 9.47 Å². The van der Waals surface area contributed by atoms with Gasteiger partial charge < -0.3 is 20.1 Å². The standard InChI is InChI=1S/C33H41N5O4S2/c1-33(2,3)23-38(19-27(16-25-10-6-4-7-11-25)36-31(39)41-21-29-18-34-24-44-29)20-28(17-26-12-8-5-9-13-26)37-32(40)42-22-30-35-14-15-43-30/h4-15,18,24,27-28H,16-17,19-23H2,1-3H3,(H,36,39)(H,37,40)/t27-,28+/m0/s1. The molecule has 2 aromatic heterocycles. The zero-order chi connectivity index (χ0) is 31.2. The Morgan fingerprint density at radius 2 is 1.41 bits per heavy atom. The number of nitrogens with one attached hydrogen (secondary N) is 2. The first-order chi connectivity index (χ1) is 21.2. The van der Waals surface area contributed by atoms with Crippen LogP contribution in [-0.4, -0.2) is 58.8 Å². The molecule has 234 valence electrons. The Hall–Kier alpha value is -3.80. The number of hydrogen-bond donors (Lipinski definition) is 2. The average Bonchev–Trinajstić information content (AvgIpc) is 3.70. The molecule has 0 aliphatic heterocycles. The van der Waals surface area contributed by atoms with E-state index in [2.05, 4.69) is 70.5 Å². The molecule has 2 N–H and O–H groups in total. The maximum absolute atomic E-state index is 12.9. The summed E-state index contributed by atoms with van der Waals surface area (Å²) in [6, 6.07) is 19.7. The lowest BCUT2D eigenvalue weighted by Crippen LogP contribution is -2.52. The number of thiazole rings is 2. The van der Waals surface area contributed by atoms with Crippen molar-refractivity contribution in [2.75, 3.05) is 19.6 Å². The zero-order valence-corrected chi connectivity index (χ0v) is 27.1. The number of alkyl carbamates (subject to hydrolysis) is 2. The third kappa shape index (κ3) is 12.4. The van der Waals surface area contributed by atoms with Crippen LogP contribution in [0.25, 0.3) is 0 Å². The van der Waals surface area contributed by atoms with Crippen molar-refractivity contribution in [1.29, 1.82) is 0 Å². The Morgan fingerprint density at radius 3 is 1.89 bits per heavy atom. The maximum atomic E-state index is 12.9. The maximum Gasteiger partial charge on any atom is 0.407 e. The molecule has 0 unspecified atom stereocenters. The number of rotatable bonds is 15. The number of carbonyl (C=O) groups excluding carboxylic acids is 2. The molecule has 0 radical (unpaired) electrons. The molecule has 0 fully saturated rings. The second kappa shape index (κ2) is 16.9. The van der Waals surface area contributed by atoms with Gasteiger partial charge in [0, 0.05) is 49.5 Å². The van der Waals surface area contributed by atoms with Gasteiger partial charge in [-0.25, -0.2) is 14.6 Å². The number of benzene rings is 2. The third-order valence-corrected chi connectivity index (χ3v) is 8.09. The van der Waals surface area contributed by atoms with E-state index < -0.39 is 12.2 Å². The van der Waals surface area contributed by atoms with Crippen LogP contribution >= 0.6 is 22.7 Å². The van der Waals surface area contributed by atoms with Crippen molar-refractivity contribution < 1.29 is 19.1 Å². The summed E-state index contributed by atoms with van der Waals surface area (Å²) in [7, 11) is 0. The second-order valence-electron chi connectivity index (χ2n) is 11.9. The molecule has 44 heavy (non-hydrogen) atoms. The Kier molecular flexibility index (Phi) is 12.7. The smallest absolute Gasteiger partial charge is 0.407 e. The third-order valence-electron chi connectivity index (χ3n) is 6.59. The highest BCUT2D eigenvalue weighted by atomic mass is 32.1. The minimum absolute atomic E-state index is 0.0351. The molecular weight excluding hydrogens is 595 g/mol. The van der Waals surface area contributed by atoms with E-state index in [1.54, 1.807) is 17.9 Å². The van der Waals surface area contributed by atoms with Gasteiger partial charge in [-0.15, -0.1) is 22.7 Å². The van der Waals surface area contributed by atoms with E-state index in [9.17, 15) is 9.59 Å². The fourth-order valence-corrected chi connectivity index (χ4v) is 5.97. The van der Waals surface area contributed by atoms with Crippen molar-refractivity contribution in [2.45, 2.75) is 58.9 Å². The predicted molar refractivity (Wildman–Crippen MR) is 175 cm³/mol. The van der Waals surface area contributed by atoms with Gasteiger partial charge in [0.15, 0.2) is 0 Å². The van der Waals surface area contributed by atoms with Crippen LogP contribution in [0.1, 0.15) is 41.8 Å². The van der Waals surface area contributed by atoms with Crippen molar-refractivity contribution in [3.63, 3.8) is 0 Å². The molecule has 4 rings (SSSR count). The molecule has 0 bridgehead atoms. The highest BCUT2D eigenvalue weighted by Crippen LogP contribution is 2.18. The molecule has 0 aliphatic rings. The van der Waals surface area contributed by atoms with E-state index in [0.717, 1.165) is 27.6 Å². The van der Waals surface area contributed by atoms with Gasteiger partial charge in [-0.05, 0) is 29.4 Å². The quantitative estimate of drug-likeness (QED) is 0.157. The normalized spacial score (nSPS) is 12.8. The zero-order valence-electron chi connectivity index (χ0n) is 25.5. The van der Waals surface area contributed by atoms with E-state index in [1.807, 2.05) is 41.8 Å². The summed E-state index contributed by atoms with van der Waals surface area (Å²) < 4.78 is 11.0. The topological polar surface area (TPSA) is 106 Å². The SMILES string of the molecule is CC(C)(C)CN(C[C@@H](Cc1ccccc1)NC(=O)OCc1nccs1)C[C@H](Cc1ccccc1)NC(=O)OCc1cncs1. The van der Waals surface area contributed by atoms with E-state index >= 15 is 0 Å². The van der Waals surface area contributed by atoms with Crippen LogP contribution < -0.4 is 10.6 Å². The van der Waals surface area contributed by atoms with Crippen LogP contribution in [0, 0.1) is 5.41 Å². The fourth-order valence-electron chi connectivity index (χ4n) is 4.94. The molecule has 2 amide bonds. The molecule has 9 nitrogen and oxygen atoms in total. The molecule has 0 saturated carbocycles. The van der Waals surface area contributed by atoms with Gasteiger partial charge in [-0.3, -0.25) is 9.88 Å². The first kappa shape index (κ1) is 33.1. The van der Waals surface area contributed by atoms with E-state index in [-0.39, 0.29) is 30.7 Å². The Balaban J connectivity index is 1.49. The van der Waals surface area contributed by atoms with E-state index in [0.29, 0.717) is 25.9 Å². The summed E-state index contributed by atoms with van der Waals surface area (Å²) in [6.07, 6.45) is 3.69. The van der Waals surface area contributed by atoms with Gasteiger partial charge in [0.05, 0.1) is 10.4 Å². The summed E-state index contributed by atoms with van der Waals surface area (Å²) >= 11 is 2.89. The van der Waals surface area contributed by atoms with Crippen LogP contribution in [-0.2, 0) is 35.5 Å². The van der Waals surface area contributed by atoms with Crippen LogP contribution in [0.2, 0.25) is 0 Å². The molecule has 4 aromatic rings. The van der Waals surface area contributed by atoms with Crippen molar-refractivity contribution in [1.82, 2.24) is 25.5 Å². The number of nitrogens with zero attached hydrogens (tertiary/aromatic N) is 3. The van der Waals surface area contributed by atoms with Gasteiger partial charge in [0.1, 0.15) is 18.2 Å². The van der Waals surface area contributed by atoms with Crippen LogP contribution in [0.4, 0.5) is 9.59 Å². The molecule has 11 heteroatoms. The molecular formula is C33H41N5O4S2. The van der Waals surface area contributed by atoms with Crippen LogP contribution in [0.15, 0.2) is 83.9 Å². The number of aromatic nitrogens is 2. The largest absolute Gasteiger partial charge is 0.444 e. The molecule has 0 spiro atoms. The van der Waals surface area contributed by atoms with Crippen molar-refractivity contribution in [2.24, 2.45) is 5.41 Å². The van der Waals surface area contributed by atoms with Gasteiger partial charge in [-0.1, -0.05) is 81.4 Å². The Morgan fingerprint density at radius 1 is 0.841 bits per heavy atom. The van der Waals surface area contributed by atoms with Gasteiger partial charge in [0.25, 0.3) is 0 Å². The Bertz CT molecular complexity index is 1280. The summed E-state index contributed by atoms with van der Waals surface area (Å²) in [5, 5.41) is 8.81. The number of amides is 2. The average molecular weight is 636 g/mol. The lowest BCUT2D eigenvalue weighted by atomic mass is 9.94. The molecule has 2 aromatic carbocycles. The second-order valence-corrected chi connectivity index (χ2v) is 13.8. The lowest BCUT2D eigenvalue weighted by Gasteiger charge is -2.35. The Labute approximate surface area is 267 Å². The lowest BCUT2D eigenvalue weighted by molar-refractivity contribution is 0.118. The minimum Gasteiger partial charge on any atom is -0.444 e. The van der Waals surface area contributed by atoms with Crippen molar-refractivity contribution in [3.8, 4) is 0 Å². The van der Waals surface area contributed by atoms with Crippen molar-refractivity contribution >= 4 is 34.9 Å². The molecule has 0 aliphatic carbocycles. The number of hydrogen-bond acceptors (Lipinski definition) is 9. The summed E-state index contributed by atoms with van der Waals surface area (Å²) in [5.41, 5.74) is 3.90. The highest BCUT2D eigenvalue weighted by Gasteiger charge is 2.26. The molecule has 2 atom stereocenters. The predicted octanol–water partition coefficient (Wildman–Crippen LogP) is 6.32. The fraction of sp³-hybridized carbons (Fsp3) is 0.394. The molecule has 2 heterocycles. The summed E-state index contributed by atoms with van der Waals surface area (Å²) in [5.74, 6) is 0. The van der Waals surface area contributed by atoms with Gasteiger partial charge in [0.2, 0.25) is 0 Å². The highest BCUT2D eigenvalue weighted by molar-refractivity contribution is 7.09. The van der Waals surface area contributed by atoms with Gasteiger partial charge in [-0.2, -0.15) is 0 Å². The molecule has 0 saturated heterocycles. The number of ether oxygens (including phenoxy) is 2. The van der Waals surface area contributed by atoms with E-state index in [1.165, 1.54) is 22.7 Å². The summed E-state index contributed by atoms with van der Waals surface area (Å²) in [4.78, 5) is 37.3. The summed E-state index contributed by atoms with van der Waals surface area (Å²) in [6.45, 7) is 8.72. The minimum atomic E-state index is -0.484. The first-order valence-corrected chi connectivity index (χ1v) is 16.4. The van der Waals surface area contributed by atoms with Crippen LogP contribution in [0.5, 0.6) is 0 Å². The first-order valence-electron chi connectivity index (χ1n) is 14.6. The van der Waals surface area contributed by atoms with Crippen LogP contribution in [0.3, 0.4) is 0 Å².